The molecule has 9 nitrogen and oxygen atoms in total. The number of rotatable bonds is 12. The lowest BCUT2D eigenvalue weighted by atomic mass is 9.29. The van der Waals surface area contributed by atoms with Gasteiger partial charge in [0.15, 0.2) is 0 Å². The molecule has 558 valence electrons. The van der Waals surface area contributed by atoms with Crippen LogP contribution in [-0.2, 0) is 0 Å². The van der Waals surface area contributed by atoms with Crippen LogP contribution in [0.1, 0.15) is 50.1 Å². The molecule has 0 aliphatic carbocycles. The fourth-order valence-corrected chi connectivity index (χ4v) is 19.6. The fraction of sp³-hybridized carbons (Fsp3) is 0.0857. The normalized spacial score (nSPS) is 13.1. The molecule has 12 heteroatoms. The number of nitrogens with zero attached hydrogens (tertiary/aromatic N) is 6. The first-order chi connectivity index (χ1) is 57.2. The van der Waals surface area contributed by atoms with Gasteiger partial charge < -0.3 is 44.2 Å². The highest BCUT2D eigenvalue weighted by atomic mass is 16.5. The van der Waals surface area contributed by atoms with Crippen LogP contribution in [0.25, 0.3) is 0 Å². The van der Waals surface area contributed by atoms with E-state index >= 15 is 0 Å². The maximum Gasteiger partial charge on any atom is 0.260 e. The Hall–Kier alpha value is -14.1. The van der Waals surface area contributed by atoms with Crippen molar-refractivity contribution < 1.29 is 9.47 Å². The number of aryl methyl sites for hydroxylation is 9. The third-order valence-corrected chi connectivity index (χ3v) is 24.9. The van der Waals surface area contributed by atoms with Gasteiger partial charge in [0.1, 0.15) is 23.0 Å². The summed E-state index contributed by atoms with van der Waals surface area (Å²) in [6.07, 6.45) is 0. The number of nitrogens with one attached hydrogen (secondary N) is 1. The molecule has 16 aromatic rings. The quantitative estimate of drug-likeness (QED) is 0.121. The topological polar surface area (TPSA) is 49.9 Å². The molecule has 0 unspecified atom stereocenters. The molecular formula is C105H82B3N7O2. The van der Waals surface area contributed by atoms with Crippen LogP contribution in [0.4, 0.5) is 114 Å². The van der Waals surface area contributed by atoms with Crippen molar-refractivity contribution in [1.29, 1.82) is 0 Å². The van der Waals surface area contributed by atoms with Crippen LogP contribution in [0.2, 0.25) is 0 Å². The molecule has 6 aliphatic rings. The third-order valence-electron chi connectivity index (χ3n) is 24.9. The first-order valence-electron chi connectivity index (χ1n) is 40.8. The largest absolute Gasteiger partial charge is 0.458 e. The molecule has 0 radical (unpaired) electrons. The van der Waals surface area contributed by atoms with Gasteiger partial charge in [-0.1, -0.05) is 209 Å². The molecule has 1 N–H and O–H groups in total. The number of para-hydroxylation sites is 4. The summed E-state index contributed by atoms with van der Waals surface area (Å²) in [5, 5.41) is 4.22. The van der Waals surface area contributed by atoms with E-state index in [0.717, 1.165) is 153 Å². The molecule has 0 saturated carbocycles. The second-order valence-corrected chi connectivity index (χ2v) is 32.8. The Kier molecular flexibility index (Phi) is 16.1. The predicted octanol–water partition coefficient (Wildman–Crippen LogP) is 22.0. The van der Waals surface area contributed by atoms with Crippen LogP contribution >= 0.6 is 0 Å². The summed E-state index contributed by atoms with van der Waals surface area (Å²) in [6, 6.07) is 122. The van der Waals surface area contributed by atoms with Gasteiger partial charge >= 0.3 is 0 Å². The average Bonchev–Trinajstić information content (AvgIpc) is 0.691. The maximum absolute atomic E-state index is 7.97. The molecule has 0 bridgehead atoms. The molecule has 0 spiro atoms. The summed E-state index contributed by atoms with van der Waals surface area (Å²) in [4.78, 5) is 14.8. The van der Waals surface area contributed by atoms with Gasteiger partial charge in [-0.05, 0) is 251 Å². The third kappa shape index (κ3) is 11.3. The maximum atomic E-state index is 7.97. The standard InChI is InChI=1S/C105H82B3N7O2/c1-64-28-40-75(41-29-64)110(76-42-30-65(2)31-43-76)81-54-91-102-95(55-81)113(73-20-12-10-13-21-73)92-26-18-16-24-84(92)106(102)86-60-88-98(62-90(86)109-91)116-100-58-83(112(79-48-36-68(5)37-49-79)80-50-38-69(6)39-51-80)59-101-104(100)108(88)89-61-87-94(63-99(89)117-101)115(105-71(8)52-70(7)53-72(105)9)97-57-82(111(77-44-32-66(3)33-45-77)78-46-34-67(4)35-47-78)56-96-103(97)107(87)85-25-17-19-27-93(85)114(96)74-22-14-11-15-23-74/h10-63,109H,1-9H3. The van der Waals surface area contributed by atoms with E-state index in [-0.39, 0.29) is 20.1 Å². The zero-order valence-electron chi connectivity index (χ0n) is 66.9. The molecule has 0 fully saturated rings. The predicted molar refractivity (Wildman–Crippen MR) is 494 cm³/mol. The number of hydrogen-bond acceptors (Lipinski definition) is 9. The van der Waals surface area contributed by atoms with E-state index < -0.39 is 0 Å². The van der Waals surface area contributed by atoms with Gasteiger partial charge in [0.25, 0.3) is 20.1 Å². The molecule has 0 amide bonds. The van der Waals surface area contributed by atoms with E-state index in [0.29, 0.717) is 0 Å². The van der Waals surface area contributed by atoms with E-state index in [1.165, 1.54) is 82.8 Å². The molecular weight excluding hydrogens is 1420 g/mol. The first kappa shape index (κ1) is 69.6. The first-order valence-corrected chi connectivity index (χ1v) is 40.8. The van der Waals surface area contributed by atoms with Crippen LogP contribution in [0.3, 0.4) is 0 Å². The van der Waals surface area contributed by atoms with Crippen LogP contribution in [0.5, 0.6) is 23.0 Å². The molecule has 16 aromatic carbocycles. The van der Waals surface area contributed by atoms with Gasteiger partial charge in [-0.15, -0.1) is 0 Å². The Balaban J connectivity index is 0.810. The van der Waals surface area contributed by atoms with Crippen LogP contribution in [0.15, 0.2) is 328 Å². The smallest absolute Gasteiger partial charge is 0.260 e. The van der Waals surface area contributed by atoms with E-state index in [9.17, 15) is 0 Å². The Morgan fingerprint density at radius 1 is 0.231 bits per heavy atom. The Bertz CT molecular complexity index is 6580. The second kappa shape index (κ2) is 27.0. The number of hydrogen-bond donors (Lipinski definition) is 1. The summed E-state index contributed by atoms with van der Waals surface area (Å²) in [6.45, 7) is 18.9. The summed E-state index contributed by atoms with van der Waals surface area (Å²) in [5.41, 5.74) is 42.3. The summed E-state index contributed by atoms with van der Waals surface area (Å²) in [5.74, 6) is 3.04. The number of anilines is 20. The minimum atomic E-state index is -0.378. The Labute approximate surface area is 685 Å². The molecule has 22 rings (SSSR count). The summed E-state index contributed by atoms with van der Waals surface area (Å²) in [7, 11) is 0. The SMILES string of the molecule is Cc1ccc(N(c2ccc(C)cc2)c2cc3c4c(c2)Oc2cc5c(cc2B4c2cc4c(cc2O3)Nc2cc(N(c3ccc(C)cc3)c3ccc(C)cc3)cc3c2B4c2ccccc2N3c2ccccc2)B2c3ccccc3N(c3ccccc3)c3cc(N(c4ccc(C)cc4)c4ccc(C)cc4)cc(c32)N5c2c(C)cc(C)cc2C)cc1. The zero-order chi connectivity index (χ0) is 78.7. The van der Waals surface area contributed by atoms with Crippen molar-refractivity contribution in [3.05, 3.63) is 378 Å². The van der Waals surface area contributed by atoms with Gasteiger partial charge in [-0.3, -0.25) is 0 Å². The average molecular weight is 1510 g/mol. The van der Waals surface area contributed by atoms with Crippen LogP contribution in [-0.4, -0.2) is 20.1 Å². The molecule has 0 aromatic heterocycles. The zero-order valence-corrected chi connectivity index (χ0v) is 66.9. The minimum Gasteiger partial charge on any atom is -0.458 e. The number of benzene rings is 16. The van der Waals surface area contributed by atoms with Crippen molar-refractivity contribution in [3.63, 3.8) is 0 Å². The highest BCUT2D eigenvalue weighted by Gasteiger charge is 2.50. The van der Waals surface area contributed by atoms with Crippen LogP contribution in [0, 0.1) is 62.3 Å². The minimum absolute atomic E-state index is 0.203. The lowest BCUT2D eigenvalue weighted by molar-refractivity contribution is 0.465. The Morgan fingerprint density at radius 3 is 1.02 bits per heavy atom. The monoisotopic (exact) mass is 1510 g/mol. The van der Waals surface area contributed by atoms with E-state index in [1.807, 2.05) is 0 Å². The van der Waals surface area contributed by atoms with Gasteiger partial charge in [0, 0.05) is 121 Å². The Morgan fingerprint density at radius 2 is 0.581 bits per heavy atom. The van der Waals surface area contributed by atoms with Crippen molar-refractivity contribution in [2.75, 3.05) is 34.7 Å². The molecule has 0 saturated heterocycles. The van der Waals surface area contributed by atoms with E-state index in [1.54, 1.807) is 0 Å². The van der Waals surface area contributed by atoms with Crippen LogP contribution < -0.4 is 93.4 Å². The summed E-state index contributed by atoms with van der Waals surface area (Å²) < 4.78 is 15.8. The van der Waals surface area contributed by atoms with Gasteiger partial charge in [-0.2, -0.15) is 0 Å². The highest BCUT2D eigenvalue weighted by molar-refractivity contribution is 7.03. The van der Waals surface area contributed by atoms with Gasteiger partial charge in [-0.25, -0.2) is 0 Å². The van der Waals surface area contributed by atoms with Gasteiger partial charge in [0.2, 0.25) is 0 Å². The molecule has 0 atom stereocenters. The van der Waals surface area contributed by atoms with Gasteiger partial charge in [0.05, 0.1) is 22.7 Å². The highest BCUT2D eigenvalue weighted by Crippen LogP contribution is 2.53. The molecule has 117 heavy (non-hydrogen) atoms. The van der Waals surface area contributed by atoms with Crippen molar-refractivity contribution >= 4 is 183 Å². The number of fused-ring (bicyclic) bond motifs is 12. The lowest BCUT2D eigenvalue weighted by Gasteiger charge is -2.46. The molecule has 6 aliphatic heterocycles. The molecule has 6 heterocycles. The summed E-state index contributed by atoms with van der Waals surface area (Å²) >= 11 is 0. The second-order valence-electron chi connectivity index (χ2n) is 32.8. The number of ether oxygens (including phenoxy) is 2. The van der Waals surface area contributed by atoms with Crippen molar-refractivity contribution in [2.24, 2.45) is 0 Å². The van der Waals surface area contributed by atoms with E-state index in [2.05, 4.69) is 425 Å². The van der Waals surface area contributed by atoms with Crippen molar-refractivity contribution in [2.45, 2.75) is 62.3 Å². The lowest BCUT2D eigenvalue weighted by Crippen LogP contribution is -2.65. The fourth-order valence-electron chi connectivity index (χ4n) is 19.6. The van der Waals surface area contributed by atoms with Crippen molar-refractivity contribution in [1.82, 2.24) is 0 Å². The van der Waals surface area contributed by atoms with Crippen molar-refractivity contribution in [3.8, 4) is 23.0 Å². The van der Waals surface area contributed by atoms with E-state index in [4.69, 9.17) is 9.47 Å².